The van der Waals surface area contributed by atoms with Crippen LogP contribution in [0.4, 0.5) is 15.8 Å². The fourth-order valence-electron chi connectivity index (χ4n) is 4.58. The van der Waals surface area contributed by atoms with E-state index >= 15 is 0 Å². The average Bonchev–Trinajstić information content (AvgIpc) is 2.88. The minimum Gasteiger partial charge on any atom is -0.490 e. The predicted molar refractivity (Wildman–Crippen MR) is 141 cm³/mol. The fraction of sp³-hybridized carbons (Fsp3) is 0.310. The second-order valence-corrected chi connectivity index (χ2v) is 9.05. The topological polar surface area (TPSA) is 88.1 Å². The van der Waals surface area contributed by atoms with Crippen molar-refractivity contribution in [3.05, 3.63) is 82.7 Å². The van der Waals surface area contributed by atoms with Crippen LogP contribution in [0.3, 0.4) is 0 Å². The van der Waals surface area contributed by atoms with Crippen molar-refractivity contribution < 1.29 is 28.6 Å². The van der Waals surface area contributed by atoms with Gasteiger partial charge in [-0.2, -0.15) is 0 Å². The molecule has 0 radical (unpaired) electrons. The number of likely N-dealkylation sites (N-methyl/N-ethyl adjacent to an activating group) is 1. The molecular formula is C29H31FN2O5. The molecule has 4 rings (SSSR count). The lowest BCUT2D eigenvalue weighted by atomic mass is 9.96. The van der Waals surface area contributed by atoms with Gasteiger partial charge in [-0.15, -0.1) is 0 Å². The molecule has 0 fully saturated rings. The minimum absolute atomic E-state index is 0.0127. The summed E-state index contributed by atoms with van der Waals surface area (Å²) in [5.41, 5.74) is 3.60. The first-order valence-electron chi connectivity index (χ1n) is 12.4. The smallest absolute Gasteiger partial charge is 0.307 e. The van der Waals surface area contributed by atoms with E-state index in [-0.39, 0.29) is 17.6 Å². The van der Waals surface area contributed by atoms with Gasteiger partial charge in [-0.05, 0) is 66.4 Å². The molecule has 3 aromatic carbocycles. The van der Waals surface area contributed by atoms with E-state index in [1.165, 1.54) is 12.1 Å². The van der Waals surface area contributed by atoms with Crippen molar-refractivity contribution in [1.82, 2.24) is 0 Å². The number of anilines is 2. The maximum absolute atomic E-state index is 14.0. The quantitative estimate of drug-likeness (QED) is 0.420. The lowest BCUT2D eigenvalue weighted by Crippen LogP contribution is -2.41. The number of nitrogens with one attached hydrogen (secondary N) is 1. The molecule has 0 spiro atoms. The number of amides is 1. The number of rotatable bonds is 9. The number of carbonyl (C=O) groups excluding carboxylic acids is 1. The molecule has 1 amide bonds. The Kier molecular flexibility index (Phi) is 7.96. The van der Waals surface area contributed by atoms with Gasteiger partial charge in [0.25, 0.3) is 5.91 Å². The van der Waals surface area contributed by atoms with Crippen LogP contribution in [0.5, 0.6) is 11.5 Å². The number of para-hydroxylation sites is 2. The summed E-state index contributed by atoms with van der Waals surface area (Å²) < 4.78 is 26.2. The average molecular weight is 507 g/mol. The summed E-state index contributed by atoms with van der Waals surface area (Å²) in [6, 6.07) is 15.6. The molecular weight excluding hydrogens is 475 g/mol. The molecule has 1 aliphatic rings. The standard InChI is InChI=1S/C29H31FN2O5/c1-4-18-13-22(36-17-23-16-32(3)25-8-6-7-9-26(25)37-23)14-19(5-2)28(18)29(35)31-21-10-11-24(30)20(12-21)15-27(33)34/h6-14,23H,4-5,15-17H2,1-3H3,(H,31,35)(H,33,34)/t23-/m0/s1. The highest BCUT2D eigenvalue weighted by Crippen LogP contribution is 2.32. The fourth-order valence-corrected chi connectivity index (χ4v) is 4.58. The first kappa shape index (κ1) is 26.0. The van der Waals surface area contributed by atoms with Gasteiger partial charge in [0.15, 0.2) is 0 Å². The Bertz CT molecular complexity index is 1280. The second kappa shape index (κ2) is 11.3. The second-order valence-electron chi connectivity index (χ2n) is 9.05. The van der Waals surface area contributed by atoms with Gasteiger partial charge in [-0.25, -0.2) is 4.39 Å². The summed E-state index contributed by atoms with van der Waals surface area (Å²) >= 11 is 0. The molecule has 0 aliphatic carbocycles. The summed E-state index contributed by atoms with van der Waals surface area (Å²) in [4.78, 5) is 26.4. The number of aryl methyl sites for hydroxylation is 2. The minimum atomic E-state index is -1.14. The number of aliphatic carboxylic acids is 1. The highest BCUT2D eigenvalue weighted by Gasteiger charge is 2.24. The maximum atomic E-state index is 14.0. The number of fused-ring (bicyclic) bond motifs is 1. The van der Waals surface area contributed by atoms with Crippen molar-refractivity contribution in [3.63, 3.8) is 0 Å². The molecule has 1 atom stereocenters. The zero-order valence-electron chi connectivity index (χ0n) is 21.2. The third kappa shape index (κ3) is 6.02. The molecule has 1 aliphatic heterocycles. The van der Waals surface area contributed by atoms with Crippen LogP contribution < -0.4 is 19.7 Å². The van der Waals surface area contributed by atoms with Gasteiger partial charge in [-0.1, -0.05) is 26.0 Å². The summed E-state index contributed by atoms with van der Waals surface area (Å²) in [6.45, 7) is 4.99. The van der Waals surface area contributed by atoms with Crippen molar-refractivity contribution in [2.75, 3.05) is 30.4 Å². The largest absolute Gasteiger partial charge is 0.490 e. The molecule has 0 saturated heterocycles. The van der Waals surface area contributed by atoms with Crippen molar-refractivity contribution >= 4 is 23.3 Å². The van der Waals surface area contributed by atoms with Gasteiger partial charge in [0.05, 0.1) is 18.7 Å². The number of carboxylic acids is 1. The predicted octanol–water partition coefficient (Wildman–Crippen LogP) is 5.11. The number of halogens is 1. The molecule has 0 bridgehead atoms. The number of carboxylic acid groups (broad SMARTS) is 1. The Balaban J connectivity index is 1.50. The number of ether oxygens (including phenoxy) is 2. The Labute approximate surface area is 215 Å². The number of hydrogen-bond donors (Lipinski definition) is 2. The van der Waals surface area contributed by atoms with Gasteiger partial charge in [-0.3, -0.25) is 9.59 Å². The lowest BCUT2D eigenvalue weighted by molar-refractivity contribution is -0.136. The van der Waals surface area contributed by atoms with Crippen LogP contribution in [0.25, 0.3) is 0 Å². The van der Waals surface area contributed by atoms with Gasteiger partial charge >= 0.3 is 5.97 Å². The number of benzene rings is 3. The molecule has 7 nitrogen and oxygen atoms in total. The molecule has 0 unspecified atom stereocenters. The summed E-state index contributed by atoms with van der Waals surface area (Å²) in [6.07, 6.45) is 0.609. The van der Waals surface area contributed by atoms with Gasteiger partial charge in [0, 0.05) is 23.9 Å². The molecule has 2 N–H and O–H groups in total. The molecule has 8 heteroatoms. The number of hydrogen-bond acceptors (Lipinski definition) is 5. The molecule has 1 heterocycles. The van der Waals surface area contributed by atoms with Crippen LogP contribution in [0.15, 0.2) is 54.6 Å². The van der Waals surface area contributed by atoms with Crippen molar-refractivity contribution in [3.8, 4) is 11.5 Å². The third-order valence-corrected chi connectivity index (χ3v) is 6.39. The molecule has 0 aromatic heterocycles. The van der Waals surface area contributed by atoms with Gasteiger partial charge < -0.3 is 24.8 Å². The first-order valence-corrected chi connectivity index (χ1v) is 12.4. The van der Waals surface area contributed by atoms with E-state index in [1.54, 1.807) is 0 Å². The summed E-state index contributed by atoms with van der Waals surface area (Å²) in [5, 5.41) is 11.8. The first-order chi connectivity index (χ1) is 17.8. The Hall–Kier alpha value is -4.07. The SMILES string of the molecule is CCc1cc(OC[C@@H]2CN(C)c3ccccc3O2)cc(CC)c1C(=O)Nc1ccc(F)c(CC(=O)O)c1. The van der Waals surface area contributed by atoms with Crippen molar-refractivity contribution in [2.24, 2.45) is 0 Å². The molecule has 3 aromatic rings. The van der Waals surface area contributed by atoms with E-state index in [9.17, 15) is 14.0 Å². The van der Waals surface area contributed by atoms with Crippen molar-refractivity contribution in [2.45, 2.75) is 39.2 Å². The van der Waals surface area contributed by atoms with E-state index < -0.39 is 18.2 Å². The molecule has 0 saturated carbocycles. The van der Waals surface area contributed by atoms with E-state index in [1.807, 2.05) is 57.3 Å². The monoisotopic (exact) mass is 506 g/mol. The highest BCUT2D eigenvalue weighted by molar-refractivity contribution is 6.06. The van der Waals surface area contributed by atoms with Crippen LogP contribution in [-0.2, 0) is 24.1 Å². The Morgan fingerprint density at radius 3 is 2.46 bits per heavy atom. The van der Waals surface area contributed by atoms with Crippen LogP contribution in [0.2, 0.25) is 0 Å². The lowest BCUT2D eigenvalue weighted by Gasteiger charge is -2.33. The number of nitrogens with zero attached hydrogens (tertiary/aromatic N) is 1. The van der Waals surface area contributed by atoms with Crippen molar-refractivity contribution in [1.29, 1.82) is 0 Å². The van der Waals surface area contributed by atoms with Crippen LogP contribution >= 0.6 is 0 Å². The maximum Gasteiger partial charge on any atom is 0.307 e. The number of carbonyl (C=O) groups is 2. The van der Waals surface area contributed by atoms with E-state index in [0.29, 0.717) is 43.0 Å². The molecule has 194 valence electrons. The summed E-state index contributed by atoms with van der Waals surface area (Å²) in [5.74, 6) is -0.605. The van der Waals surface area contributed by atoms with Crippen LogP contribution in [0.1, 0.15) is 40.9 Å². The van der Waals surface area contributed by atoms with E-state index in [0.717, 1.165) is 28.6 Å². The third-order valence-electron chi connectivity index (χ3n) is 6.39. The Morgan fingerprint density at radius 2 is 1.78 bits per heavy atom. The zero-order valence-corrected chi connectivity index (χ0v) is 21.2. The van der Waals surface area contributed by atoms with E-state index in [4.69, 9.17) is 14.6 Å². The normalized spacial score (nSPS) is 14.5. The summed E-state index contributed by atoms with van der Waals surface area (Å²) in [7, 11) is 2.03. The van der Waals surface area contributed by atoms with E-state index in [2.05, 4.69) is 10.2 Å². The van der Waals surface area contributed by atoms with Crippen LogP contribution in [0, 0.1) is 5.82 Å². The Morgan fingerprint density at radius 1 is 1.08 bits per heavy atom. The molecule has 37 heavy (non-hydrogen) atoms. The zero-order chi connectivity index (χ0) is 26.5. The van der Waals surface area contributed by atoms with Gasteiger partial charge in [0.2, 0.25) is 0 Å². The van der Waals surface area contributed by atoms with Gasteiger partial charge in [0.1, 0.15) is 30.0 Å². The van der Waals surface area contributed by atoms with Crippen LogP contribution in [-0.4, -0.2) is 43.3 Å². The highest BCUT2D eigenvalue weighted by atomic mass is 19.1.